The van der Waals surface area contributed by atoms with Gasteiger partial charge in [0, 0.05) is 21.7 Å². The molecule has 1 aromatic heterocycles. The maximum atomic E-state index is 12.7. The van der Waals surface area contributed by atoms with Crippen LogP contribution in [0.15, 0.2) is 30.8 Å². The number of aryl methyl sites for hydroxylation is 1. The first-order valence-corrected chi connectivity index (χ1v) is 12.0. The number of benzene rings is 1. The number of esters is 2. The van der Waals surface area contributed by atoms with E-state index in [0.29, 0.717) is 27.4 Å². The van der Waals surface area contributed by atoms with Crippen LogP contribution in [0, 0.1) is 0 Å². The number of hydrogen-bond donors (Lipinski definition) is 1. The zero-order valence-corrected chi connectivity index (χ0v) is 20.0. The molecule has 0 spiro atoms. The molecule has 8 nitrogen and oxygen atoms in total. The van der Waals surface area contributed by atoms with Crippen molar-refractivity contribution in [3.8, 4) is 0 Å². The lowest BCUT2D eigenvalue weighted by atomic mass is 9.95. The zero-order valence-electron chi connectivity index (χ0n) is 19.1. The van der Waals surface area contributed by atoms with Crippen LogP contribution in [-0.2, 0) is 31.9 Å². The minimum atomic E-state index is -0.734. The number of carbonyl (C=O) groups is 4. The summed E-state index contributed by atoms with van der Waals surface area (Å²) in [6, 6.07) is 6.96. The Bertz CT molecular complexity index is 1150. The van der Waals surface area contributed by atoms with Crippen molar-refractivity contribution >= 4 is 45.8 Å². The van der Waals surface area contributed by atoms with Gasteiger partial charge in [-0.15, -0.1) is 11.3 Å². The van der Waals surface area contributed by atoms with Crippen molar-refractivity contribution in [1.82, 2.24) is 4.90 Å². The average molecular weight is 483 g/mol. The molecule has 4 rings (SSSR count). The molecule has 1 aromatic carbocycles. The smallest absolute Gasteiger partial charge is 0.341 e. The number of hydrogen-bond acceptors (Lipinski definition) is 7. The third-order valence-electron chi connectivity index (χ3n) is 5.66. The number of amides is 2. The monoisotopic (exact) mass is 482 g/mol. The molecule has 1 aliphatic heterocycles. The summed E-state index contributed by atoms with van der Waals surface area (Å²) >= 11 is 1.36. The van der Waals surface area contributed by atoms with Gasteiger partial charge in [-0.2, -0.15) is 0 Å². The van der Waals surface area contributed by atoms with Crippen molar-refractivity contribution in [2.24, 2.45) is 0 Å². The summed E-state index contributed by atoms with van der Waals surface area (Å²) in [5, 5.41) is 3.12. The minimum Gasteiger partial charge on any atom is -0.459 e. The number of fused-ring (bicyclic) bond motifs is 2. The maximum absolute atomic E-state index is 12.7. The van der Waals surface area contributed by atoms with Gasteiger partial charge in [0.25, 0.3) is 11.8 Å². The largest absolute Gasteiger partial charge is 0.459 e. The van der Waals surface area contributed by atoms with Crippen molar-refractivity contribution in [2.45, 2.75) is 45.6 Å². The first-order valence-electron chi connectivity index (χ1n) is 11.2. The fraction of sp³-hybridized carbons (Fsp3) is 0.360. The van der Waals surface area contributed by atoms with Gasteiger partial charge in [-0.25, -0.2) is 4.79 Å². The highest BCUT2D eigenvalue weighted by Crippen LogP contribution is 2.38. The molecule has 2 heterocycles. The van der Waals surface area contributed by atoms with Crippen molar-refractivity contribution in [2.75, 3.05) is 18.5 Å². The van der Waals surface area contributed by atoms with E-state index in [-0.39, 0.29) is 18.6 Å². The molecular weight excluding hydrogens is 456 g/mol. The van der Waals surface area contributed by atoms with E-state index in [1.165, 1.54) is 16.2 Å². The molecule has 2 amide bonds. The van der Waals surface area contributed by atoms with Crippen LogP contribution in [0.5, 0.6) is 0 Å². The van der Waals surface area contributed by atoms with Gasteiger partial charge in [0.1, 0.15) is 11.5 Å². The fourth-order valence-electron chi connectivity index (χ4n) is 4.13. The second-order valence-corrected chi connectivity index (χ2v) is 9.57. The Labute approximate surface area is 201 Å². The van der Waals surface area contributed by atoms with Crippen molar-refractivity contribution in [3.63, 3.8) is 0 Å². The highest BCUT2D eigenvalue weighted by atomic mass is 32.1. The Morgan fingerprint density at radius 1 is 1.15 bits per heavy atom. The summed E-state index contributed by atoms with van der Waals surface area (Å²) in [7, 11) is 0. The number of anilines is 1. The zero-order chi connectivity index (χ0) is 24.4. The number of carbonyl (C=O) groups excluding carboxylic acids is 4. The second kappa shape index (κ2) is 9.80. The van der Waals surface area contributed by atoms with Crippen LogP contribution in [0.1, 0.15) is 63.4 Å². The Hall–Kier alpha value is -3.46. The summed E-state index contributed by atoms with van der Waals surface area (Å²) in [5.74, 6) is -2.10. The first kappa shape index (κ1) is 23.7. The summed E-state index contributed by atoms with van der Waals surface area (Å²) in [6.45, 7) is 6.54. The number of thiophene rings is 1. The van der Waals surface area contributed by atoms with E-state index in [9.17, 15) is 19.2 Å². The third-order valence-corrected chi connectivity index (χ3v) is 6.87. The highest BCUT2D eigenvalue weighted by Gasteiger charge is 2.33. The lowest BCUT2D eigenvalue weighted by molar-refractivity contribution is -0.147. The van der Waals surface area contributed by atoms with Gasteiger partial charge in [-0.1, -0.05) is 24.8 Å². The average Bonchev–Trinajstić information content (AvgIpc) is 3.28. The van der Waals surface area contributed by atoms with Gasteiger partial charge in [-0.05, 0) is 51.2 Å². The molecular formula is C25H26N2O6S. The standard InChI is InChI=1S/C25H26N2O6S/c1-14(2)33-25(31)22-18-10-6-7-11-19(18)34-23(22)26-20(28)13-32-21(29)12-27-15(3)16-8-4-5-9-17(16)24(27)30/h4-5,8-9,14H,3,6-7,10-13H2,1-2H3,(H,26,28). The number of nitrogens with one attached hydrogen (secondary N) is 1. The predicted octanol–water partition coefficient (Wildman–Crippen LogP) is 3.80. The summed E-state index contributed by atoms with van der Waals surface area (Å²) in [6.07, 6.45) is 3.33. The number of nitrogens with zero attached hydrogens (tertiary/aromatic N) is 1. The molecule has 0 bridgehead atoms. The molecule has 1 aliphatic carbocycles. The molecule has 0 atom stereocenters. The molecule has 34 heavy (non-hydrogen) atoms. The summed E-state index contributed by atoms with van der Waals surface area (Å²) in [4.78, 5) is 52.4. The number of ether oxygens (including phenoxy) is 2. The van der Waals surface area contributed by atoms with E-state index in [4.69, 9.17) is 9.47 Å². The molecule has 0 fully saturated rings. The van der Waals surface area contributed by atoms with E-state index < -0.39 is 24.5 Å². The summed E-state index contributed by atoms with van der Waals surface area (Å²) in [5.41, 5.74) is 2.88. The molecule has 2 aliphatic rings. The Morgan fingerprint density at radius 2 is 1.85 bits per heavy atom. The number of rotatable bonds is 7. The van der Waals surface area contributed by atoms with Gasteiger partial charge >= 0.3 is 11.9 Å². The van der Waals surface area contributed by atoms with Crippen LogP contribution in [0.4, 0.5) is 5.00 Å². The van der Waals surface area contributed by atoms with Crippen molar-refractivity contribution in [1.29, 1.82) is 0 Å². The van der Waals surface area contributed by atoms with Gasteiger partial charge in [0.15, 0.2) is 6.61 Å². The van der Waals surface area contributed by atoms with Crippen LogP contribution < -0.4 is 5.32 Å². The lowest BCUT2D eigenvalue weighted by Crippen LogP contribution is -2.32. The van der Waals surface area contributed by atoms with E-state index >= 15 is 0 Å². The molecule has 0 unspecified atom stereocenters. The fourth-order valence-corrected chi connectivity index (χ4v) is 5.42. The molecule has 2 aromatic rings. The van der Waals surface area contributed by atoms with Crippen molar-refractivity contribution in [3.05, 3.63) is 58.0 Å². The van der Waals surface area contributed by atoms with Crippen LogP contribution >= 0.6 is 11.3 Å². The van der Waals surface area contributed by atoms with Crippen LogP contribution in [-0.4, -0.2) is 47.9 Å². The summed E-state index contributed by atoms with van der Waals surface area (Å²) < 4.78 is 10.5. The lowest BCUT2D eigenvalue weighted by Gasteiger charge is -2.16. The van der Waals surface area contributed by atoms with Gasteiger partial charge in [0.2, 0.25) is 0 Å². The van der Waals surface area contributed by atoms with Gasteiger partial charge < -0.3 is 14.8 Å². The second-order valence-electron chi connectivity index (χ2n) is 8.46. The molecule has 1 N–H and O–H groups in total. The van der Waals surface area contributed by atoms with E-state index in [2.05, 4.69) is 11.9 Å². The molecule has 9 heteroatoms. The quantitative estimate of drug-likeness (QED) is 0.603. The van der Waals surface area contributed by atoms with Crippen LogP contribution in [0.2, 0.25) is 0 Å². The highest BCUT2D eigenvalue weighted by molar-refractivity contribution is 7.17. The molecule has 178 valence electrons. The van der Waals surface area contributed by atoms with E-state index in [0.717, 1.165) is 36.1 Å². The van der Waals surface area contributed by atoms with Gasteiger partial charge in [0.05, 0.1) is 11.7 Å². The van der Waals surface area contributed by atoms with Gasteiger partial charge in [-0.3, -0.25) is 19.3 Å². The molecule has 0 saturated carbocycles. The Kier molecular flexibility index (Phi) is 6.83. The van der Waals surface area contributed by atoms with Crippen LogP contribution in [0.25, 0.3) is 5.70 Å². The SMILES string of the molecule is C=C1c2ccccc2C(=O)N1CC(=O)OCC(=O)Nc1sc2c(c1C(=O)OC(C)C)CCCC2. The topological polar surface area (TPSA) is 102 Å². The first-order chi connectivity index (χ1) is 16.3. The van der Waals surface area contributed by atoms with E-state index in [1.54, 1.807) is 38.1 Å². The molecule has 0 radical (unpaired) electrons. The van der Waals surface area contributed by atoms with Crippen molar-refractivity contribution < 1.29 is 28.7 Å². The van der Waals surface area contributed by atoms with E-state index in [1.807, 2.05) is 0 Å². The maximum Gasteiger partial charge on any atom is 0.341 e. The molecule has 0 saturated heterocycles. The van der Waals surface area contributed by atoms with Crippen LogP contribution in [0.3, 0.4) is 0 Å². The third kappa shape index (κ3) is 4.75. The predicted molar refractivity (Wildman–Crippen MR) is 128 cm³/mol. The normalized spacial score (nSPS) is 14.6. The Balaban J connectivity index is 1.38. The minimum absolute atomic E-state index is 0.287. The Morgan fingerprint density at radius 3 is 2.56 bits per heavy atom.